The fourth-order valence-corrected chi connectivity index (χ4v) is 3.78. The van der Waals surface area contributed by atoms with Crippen molar-refractivity contribution in [1.29, 1.82) is 0 Å². The van der Waals surface area contributed by atoms with Crippen molar-refractivity contribution in [3.63, 3.8) is 0 Å². The molecular weight excluding hydrogens is 253 g/mol. The molecule has 1 aromatic carbocycles. The van der Waals surface area contributed by atoms with Crippen molar-refractivity contribution in [2.45, 2.75) is 38.1 Å². The Morgan fingerprint density at radius 3 is 2.65 bits per heavy atom. The van der Waals surface area contributed by atoms with Gasteiger partial charge in [-0.2, -0.15) is 0 Å². The van der Waals surface area contributed by atoms with E-state index >= 15 is 0 Å². The molecule has 1 saturated heterocycles. The van der Waals surface area contributed by atoms with Crippen LogP contribution in [0.15, 0.2) is 24.3 Å². The van der Waals surface area contributed by atoms with Crippen LogP contribution in [0.4, 0.5) is 4.39 Å². The lowest BCUT2D eigenvalue weighted by Crippen LogP contribution is -2.46. The highest BCUT2D eigenvalue weighted by Crippen LogP contribution is 2.40. The van der Waals surface area contributed by atoms with E-state index in [-0.39, 0.29) is 5.82 Å². The van der Waals surface area contributed by atoms with Gasteiger partial charge < -0.3 is 4.74 Å². The third-order valence-corrected chi connectivity index (χ3v) is 5.03. The molecule has 3 heteroatoms. The Bertz CT molecular complexity index is 444. The third-order valence-electron chi connectivity index (χ3n) is 5.03. The lowest BCUT2D eigenvalue weighted by Gasteiger charge is -2.42. The van der Waals surface area contributed by atoms with Gasteiger partial charge in [-0.25, -0.2) is 4.39 Å². The van der Waals surface area contributed by atoms with Crippen molar-refractivity contribution < 1.29 is 9.13 Å². The Kier molecular flexibility index (Phi) is 4.37. The highest BCUT2D eigenvalue weighted by molar-refractivity contribution is 5.23. The van der Waals surface area contributed by atoms with Crippen LogP contribution in [-0.2, 0) is 4.74 Å². The van der Waals surface area contributed by atoms with Crippen LogP contribution in [0.25, 0.3) is 0 Å². The Morgan fingerprint density at radius 2 is 1.90 bits per heavy atom. The zero-order valence-corrected chi connectivity index (χ0v) is 12.2. The van der Waals surface area contributed by atoms with Crippen LogP contribution >= 0.6 is 0 Å². The summed E-state index contributed by atoms with van der Waals surface area (Å²) in [6, 6.07) is 7.91. The van der Waals surface area contributed by atoms with Crippen LogP contribution in [0.1, 0.15) is 37.7 Å². The molecule has 110 valence electrons. The van der Waals surface area contributed by atoms with Crippen LogP contribution < -0.4 is 0 Å². The maximum atomic E-state index is 14.1. The summed E-state index contributed by atoms with van der Waals surface area (Å²) >= 11 is 0. The van der Waals surface area contributed by atoms with E-state index in [4.69, 9.17) is 4.74 Å². The molecule has 0 aromatic heterocycles. The van der Waals surface area contributed by atoms with E-state index in [0.717, 1.165) is 38.3 Å². The first-order valence-electron chi connectivity index (χ1n) is 7.82. The molecule has 2 fully saturated rings. The van der Waals surface area contributed by atoms with Crippen LogP contribution in [0, 0.1) is 11.7 Å². The molecule has 3 rings (SSSR count). The van der Waals surface area contributed by atoms with Gasteiger partial charge >= 0.3 is 0 Å². The average Bonchev–Trinajstić information content (AvgIpc) is 2.49. The number of morpholine rings is 1. The van der Waals surface area contributed by atoms with E-state index in [0.29, 0.717) is 17.9 Å². The number of nitrogens with zero attached hydrogens (tertiary/aromatic N) is 1. The molecule has 0 amide bonds. The summed E-state index contributed by atoms with van der Waals surface area (Å²) in [6.45, 7) is 6.02. The average molecular weight is 277 g/mol. The van der Waals surface area contributed by atoms with Gasteiger partial charge in [0.1, 0.15) is 5.82 Å². The molecule has 0 spiro atoms. The van der Waals surface area contributed by atoms with Crippen molar-refractivity contribution >= 4 is 0 Å². The summed E-state index contributed by atoms with van der Waals surface area (Å²) in [4.78, 5) is 2.54. The van der Waals surface area contributed by atoms with Gasteiger partial charge in [0.05, 0.1) is 13.2 Å². The van der Waals surface area contributed by atoms with E-state index in [1.54, 1.807) is 12.1 Å². The monoisotopic (exact) mass is 277 g/mol. The van der Waals surface area contributed by atoms with Crippen molar-refractivity contribution in [2.24, 2.45) is 5.92 Å². The molecule has 1 heterocycles. The minimum atomic E-state index is -0.0352. The fraction of sp³-hybridized carbons (Fsp3) is 0.647. The molecule has 3 unspecified atom stereocenters. The molecule has 0 N–H and O–H groups in total. The van der Waals surface area contributed by atoms with Crippen LogP contribution in [0.2, 0.25) is 0 Å². The summed E-state index contributed by atoms with van der Waals surface area (Å²) in [5.41, 5.74) is 0.915. The summed E-state index contributed by atoms with van der Waals surface area (Å²) < 4.78 is 19.5. The Morgan fingerprint density at radius 1 is 1.15 bits per heavy atom. The number of hydrogen-bond acceptors (Lipinski definition) is 2. The normalized spacial score (nSPS) is 32.2. The summed E-state index contributed by atoms with van der Waals surface area (Å²) in [6.07, 6.45) is 3.52. The van der Waals surface area contributed by atoms with Crippen molar-refractivity contribution in [3.05, 3.63) is 35.6 Å². The van der Waals surface area contributed by atoms with Gasteiger partial charge in [-0.05, 0) is 42.7 Å². The predicted molar refractivity (Wildman–Crippen MR) is 78.3 cm³/mol. The van der Waals surface area contributed by atoms with Gasteiger partial charge in [0.25, 0.3) is 0 Å². The van der Waals surface area contributed by atoms with Gasteiger partial charge in [0.2, 0.25) is 0 Å². The van der Waals surface area contributed by atoms with Crippen LogP contribution in [0.3, 0.4) is 0 Å². The SMILES string of the molecule is CC1CCC(N2CCOCC2)CC1c1ccccc1F. The Balaban J connectivity index is 1.74. The zero-order valence-electron chi connectivity index (χ0n) is 12.2. The molecule has 1 saturated carbocycles. The maximum absolute atomic E-state index is 14.1. The topological polar surface area (TPSA) is 12.5 Å². The van der Waals surface area contributed by atoms with Gasteiger partial charge in [-0.15, -0.1) is 0 Å². The second-order valence-corrected chi connectivity index (χ2v) is 6.22. The van der Waals surface area contributed by atoms with Gasteiger partial charge in [0.15, 0.2) is 0 Å². The zero-order chi connectivity index (χ0) is 13.9. The molecular formula is C17H24FNO. The quantitative estimate of drug-likeness (QED) is 0.821. The molecule has 0 radical (unpaired) electrons. The number of halogens is 1. The number of benzene rings is 1. The molecule has 1 aliphatic heterocycles. The largest absolute Gasteiger partial charge is 0.379 e. The molecule has 2 nitrogen and oxygen atoms in total. The van der Waals surface area contributed by atoms with Crippen molar-refractivity contribution in [3.8, 4) is 0 Å². The molecule has 2 aliphatic rings. The highest BCUT2D eigenvalue weighted by atomic mass is 19.1. The van der Waals surface area contributed by atoms with E-state index in [9.17, 15) is 4.39 Å². The molecule has 0 bridgehead atoms. The van der Waals surface area contributed by atoms with E-state index < -0.39 is 0 Å². The predicted octanol–water partition coefficient (Wildman–Crippen LogP) is 3.43. The Hall–Kier alpha value is -0.930. The van der Waals surface area contributed by atoms with Crippen LogP contribution in [0.5, 0.6) is 0 Å². The smallest absolute Gasteiger partial charge is 0.126 e. The maximum Gasteiger partial charge on any atom is 0.126 e. The second kappa shape index (κ2) is 6.23. The highest BCUT2D eigenvalue weighted by Gasteiger charge is 2.33. The standard InChI is InChI=1S/C17H24FNO/c1-13-6-7-14(19-8-10-20-11-9-19)12-16(13)15-4-2-3-5-17(15)18/h2-5,13-14,16H,6-12H2,1H3. The van der Waals surface area contributed by atoms with Gasteiger partial charge in [-0.3, -0.25) is 4.90 Å². The first-order valence-corrected chi connectivity index (χ1v) is 7.82. The molecule has 1 aliphatic carbocycles. The van der Waals surface area contributed by atoms with Crippen molar-refractivity contribution in [2.75, 3.05) is 26.3 Å². The molecule has 20 heavy (non-hydrogen) atoms. The minimum absolute atomic E-state index is 0.0352. The lowest BCUT2D eigenvalue weighted by atomic mass is 9.74. The number of ether oxygens (including phenoxy) is 1. The Labute approximate surface area is 120 Å². The summed E-state index contributed by atoms with van der Waals surface area (Å²) in [5.74, 6) is 0.897. The summed E-state index contributed by atoms with van der Waals surface area (Å²) in [7, 11) is 0. The number of rotatable bonds is 2. The van der Waals surface area contributed by atoms with E-state index in [2.05, 4.69) is 11.8 Å². The molecule has 3 atom stereocenters. The van der Waals surface area contributed by atoms with Crippen LogP contribution in [-0.4, -0.2) is 37.2 Å². The van der Waals surface area contributed by atoms with Gasteiger partial charge in [-0.1, -0.05) is 25.1 Å². The van der Waals surface area contributed by atoms with E-state index in [1.165, 1.54) is 12.8 Å². The first-order chi connectivity index (χ1) is 9.75. The second-order valence-electron chi connectivity index (χ2n) is 6.22. The lowest BCUT2D eigenvalue weighted by molar-refractivity contribution is 0.00255. The number of hydrogen-bond donors (Lipinski definition) is 0. The first kappa shape index (κ1) is 14.0. The third kappa shape index (κ3) is 2.89. The van der Waals surface area contributed by atoms with Gasteiger partial charge in [0, 0.05) is 19.1 Å². The van der Waals surface area contributed by atoms with E-state index in [1.807, 2.05) is 12.1 Å². The summed E-state index contributed by atoms with van der Waals surface area (Å²) in [5, 5.41) is 0. The fourth-order valence-electron chi connectivity index (χ4n) is 3.78. The van der Waals surface area contributed by atoms with Crippen molar-refractivity contribution in [1.82, 2.24) is 4.90 Å². The minimum Gasteiger partial charge on any atom is -0.379 e. The molecule has 1 aromatic rings.